The Morgan fingerprint density at radius 1 is 1.04 bits per heavy atom. The Morgan fingerprint density at radius 2 is 1.70 bits per heavy atom. The first-order valence-corrected chi connectivity index (χ1v) is 9.44. The van der Waals surface area contributed by atoms with Gasteiger partial charge in [0.25, 0.3) is 5.95 Å². The molecule has 0 spiro atoms. The van der Waals surface area contributed by atoms with E-state index in [0.717, 1.165) is 12.0 Å². The predicted molar refractivity (Wildman–Crippen MR) is 100 cm³/mol. The van der Waals surface area contributed by atoms with Crippen molar-refractivity contribution in [2.75, 3.05) is 10.2 Å². The molecule has 27 heavy (non-hydrogen) atoms. The van der Waals surface area contributed by atoms with Gasteiger partial charge in [0, 0.05) is 6.04 Å². The van der Waals surface area contributed by atoms with E-state index in [0.29, 0.717) is 18.8 Å². The van der Waals surface area contributed by atoms with Crippen molar-refractivity contribution in [3.63, 3.8) is 0 Å². The van der Waals surface area contributed by atoms with Crippen LogP contribution in [0.5, 0.6) is 0 Å². The van der Waals surface area contributed by atoms with E-state index in [-0.39, 0.29) is 41.7 Å². The number of rotatable bonds is 2. The number of imide groups is 1. The molecule has 1 fully saturated rings. The van der Waals surface area contributed by atoms with Crippen molar-refractivity contribution in [3.8, 4) is 0 Å². The van der Waals surface area contributed by atoms with Crippen LogP contribution in [0.4, 0.5) is 11.9 Å². The molecule has 1 aromatic carbocycles. The molecule has 138 valence electrons. The second-order valence-corrected chi connectivity index (χ2v) is 7.56. The molecule has 1 aliphatic carbocycles. The highest BCUT2D eigenvalue weighted by atomic mass is 16.2. The van der Waals surface area contributed by atoms with Gasteiger partial charge in [-0.3, -0.25) is 9.59 Å². The summed E-state index contributed by atoms with van der Waals surface area (Å²) in [6.45, 7) is 2.10. The van der Waals surface area contributed by atoms with Crippen molar-refractivity contribution in [1.82, 2.24) is 14.8 Å². The summed E-state index contributed by atoms with van der Waals surface area (Å²) in [5.41, 5.74) is 1.14. The summed E-state index contributed by atoms with van der Waals surface area (Å²) >= 11 is 0. The molecule has 1 N–H and O–H groups in total. The van der Waals surface area contributed by atoms with Crippen molar-refractivity contribution < 1.29 is 9.59 Å². The van der Waals surface area contributed by atoms with Crippen molar-refractivity contribution in [2.45, 2.75) is 38.3 Å². The van der Waals surface area contributed by atoms with E-state index in [1.807, 2.05) is 35.0 Å². The first-order chi connectivity index (χ1) is 13.1. The first kappa shape index (κ1) is 16.2. The zero-order valence-electron chi connectivity index (χ0n) is 15.1. The number of carbonyl (C=O) groups is 2. The average molecular weight is 363 g/mol. The van der Waals surface area contributed by atoms with Gasteiger partial charge in [0.1, 0.15) is 0 Å². The smallest absolute Gasteiger partial charge is 0.260 e. The van der Waals surface area contributed by atoms with Crippen LogP contribution >= 0.6 is 0 Å². The normalized spacial score (nSPS) is 29.4. The molecule has 5 rings (SSSR count). The van der Waals surface area contributed by atoms with Gasteiger partial charge in [-0.2, -0.15) is 4.98 Å². The van der Waals surface area contributed by atoms with E-state index in [1.54, 1.807) is 0 Å². The Hall–Kier alpha value is -2.96. The Bertz CT molecular complexity index is 909. The van der Waals surface area contributed by atoms with Crippen molar-refractivity contribution >= 4 is 23.7 Å². The summed E-state index contributed by atoms with van der Waals surface area (Å²) in [5.74, 6) is -0.119. The molecule has 0 saturated carbocycles. The van der Waals surface area contributed by atoms with Crippen LogP contribution in [-0.2, 0) is 9.59 Å². The summed E-state index contributed by atoms with van der Waals surface area (Å²) in [5, 5.41) is 7.91. The Kier molecular flexibility index (Phi) is 3.63. The van der Waals surface area contributed by atoms with Crippen LogP contribution in [-0.4, -0.2) is 32.6 Å². The maximum Gasteiger partial charge on any atom is 0.260 e. The lowest BCUT2D eigenvalue weighted by Crippen LogP contribution is -2.32. The number of aromatic nitrogens is 3. The molecule has 7 heteroatoms. The Balaban J connectivity index is 1.53. The summed E-state index contributed by atoms with van der Waals surface area (Å²) in [4.78, 5) is 31.4. The number of nitrogens with zero attached hydrogens (tertiary/aromatic N) is 4. The third-order valence-electron chi connectivity index (χ3n) is 5.76. The molecule has 3 heterocycles. The van der Waals surface area contributed by atoms with Gasteiger partial charge in [0.05, 0.1) is 17.9 Å². The highest BCUT2D eigenvalue weighted by molar-refractivity contribution is 6.21. The van der Waals surface area contributed by atoms with Gasteiger partial charge in [-0.15, -0.1) is 5.10 Å². The third kappa shape index (κ3) is 2.49. The fraction of sp³-hybridized carbons (Fsp3) is 0.400. The molecule has 0 bridgehead atoms. The number of benzene rings is 1. The summed E-state index contributed by atoms with van der Waals surface area (Å²) in [7, 11) is 0. The van der Waals surface area contributed by atoms with Gasteiger partial charge in [0.2, 0.25) is 17.8 Å². The molecule has 0 radical (unpaired) electrons. The zero-order valence-corrected chi connectivity index (χ0v) is 15.1. The molecule has 4 atom stereocenters. The monoisotopic (exact) mass is 363 g/mol. The summed E-state index contributed by atoms with van der Waals surface area (Å²) in [6, 6.07) is 10.4. The van der Waals surface area contributed by atoms with E-state index >= 15 is 0 Å². The molecule has 2 aliphatic heterocycles. The highest BCUT2D eigenvalue weighted by Crippen LogP contribution is 2.38. The number of nitrogens with one attached hydrogen (secondary N) is 1. The van der Waals surface area contributed by atoms with Gasteiger partial charge in [-0.05, 0) is 31.7 Å². The van der Waals surface area contributed by atoms with Crippen molar-refractivity contribution in [1.29, 1.82) is 0 Å². The van der Waals surface area contributed by atoms with Crippen LogP contribution in [0.2, 0.25) is 0 Å². The lowest BCUT2D eigenvalue weighted by atomic mass is 9.85. The van der Waals surface area contributed by atoms with Crippen LogP contribution in [0.15, 0.2) is 42.5 Å². The van der Waals surface area contributed by atoms with Crippen molar-refractivity contribution in [2.24, 2.45) is 11.8 Å². The number of hydrogen-bond acceptors (Lipinski definition) is 5. The number of allylic oxidation sites excluding steroid dienone is 2. The standard InChI is InChI=1S/C20H21N5O2/c1-12-11-16(13-7-3-2-4-8-13)25-19(21-12)22-20(23-25)24-17(26)14-9-5-6-10-15(14)18(24)27/h2-8,12,14-16H,9-11H2,1H3,(H,21,22,23)/t12-,14-,15+,16-/m1/s1. The summed E-state index contributed by atoms with van der Waals surface area (Å²) < 4.78 is 1.81. The fourth-order valence-electron chi connectivity index (χ4n) is 4.39. The second kappa shape index (κ2) is 6.04. The molecular weight excluding hydrogens is 342 g/mol. The quantitative estimate of drug-likeness (QED) is 0.655. The molecule has 1 saturated heterocycles. The number of anilines is 2. The molecule has 1 aromatic heterocycles. The van der Waals surface area contributed by atoms with Crippen LogP contribution in [0.25, 0.3) is 0 Å². The minimum absolute atomic E-state index is 0.0236. The molecule has 2 amide bonds. The molecule has 2 aromatic rings. The average Bonchev–Trinajstić information content (AvgIpc) is 3.21. The van der Waals surface area contributed by atoms with Gasteiger partial charge in [-0.1, -0.05) is 42.5 Å². The number of amides is 2. The van der Waals surface area contributed by atoms with Crippen LogP contribution in [0, 0.1) is 11.8 Å². The van der Waals surface area contributed by atoms with Crippen molar-refractivity contribution in [3.05, 3.63) is 48.0 Å². The van der Waals surface area contributed by atoms with E-state index < -0.39 is 0 Å². The Morgan fingerprint density at radius 3 is 2.37 bits per heavy atom. The summed E-state index contributed by atoms with van der Waals surface area (Å²) in [6.07, 6.45) is 6.05. The first-order valence-electron chi connectivity index (χ1n) is 9.44. The van der Waals surface area contributed by atoms with Crippen LogP contribution in [0.1, 0.15) is 37.8 Å². The fourth-order valence-corrected chi connectivity index (χ4v) is 4.39. The Labute approximate surface area is 157 Å². The van der Waals surface area contributed by atoms with Crippen LogP contribution < -0.4 is 10.2 Å². The number of hydrogen-bond donors (Lipinski definition) is 1. The molecular formula is C20H21N5O2. The third-order valence-corrected chi connectivity index (χ3v) is 5.76. The predicted octanol–water partition coefficient (Wildman–Crippen LogP) is 2.53. The maximum atomic E-state index is 12.8. The van der Waals surface area contributed by atoms with Gasteiger partial charge in [-0.25, -0.2) is 9.58 Å². The minimum atomic E-state index is -0.278. The number of carbonyl (C=O) groups excluding carboxylic acids is 2. The van der Waals surface area contributed by atoms with Gasteiger partial charge in [0.15, 0.2) is 0 Å². The lowest BCUT2D eigenvalue weighted by molar-refractivity contribution is -0.122. The molecule has 3 aliphatic rings. The topological polar surface area (TPSA) is 80.1 Å². The van der Waals surface area contributed by atoms with Gasteiger partial charge >= 0.3 is 0 Å². The maximum absolute atomic E-state index is 12.8. The van der Waals surface area contributed by atoms with E-state index in [9.17, 15) is 9.59 Å². The van der Waals surface area contributed by atoms with E-state index in [1.165, 1.54) is 4.90 Å². The number of fused-ring (bicyclic) bond motifs is 2. The largest absolute Gasteiger partial charge is 0.352 e. The van der Waals surface area contributed by atoms with Gasteiger partial charge < -0.3 is 5.32 Å². The molecule has 0 unspecified atom stereocenters. The van der Waals surface area contributed by atoms with E-state index in [2.05, 4.69) is 34.5 Å². The highest BCUT2D eigenvalue weighted by Gasteiger charge is 2.49. The minimum Gasteiger partial charge on any atom is -0.352 e. The zero-order chi connectivity index (χ0) is 18.5. The SMILES string of the molecule is C[C@@H]1C[C@H](c2ccccc2)n2nc(N3C(=O)[C@H]4CC=CC[C@H]4C3=O)nc2N1. The second-order valence-electron chi connectivity index (χ2n) is 7.56. The van der Waals surface area contributed by atoms with E-state index in [4.69, 9.17) is 0 Å². The molecule has 7 nitrogen and oxygen atoms in total. The lowest BCUT2D eigenvalue weighted by Gasteiger charge is -2.29. The van der Waals surface area contributed by atoms with Crippen LogP contribution in [0.3, 0.4) is 0 Å².